The van der Waals surface area contributed by atoms with Crippen molar-refractivity contribution < 1.29 is 38.1 Å². The number of hydrogen-bond acceptors (Lipinski definition) is 8. The molecule has 3 aromatic carbocycles. The Hall–Kier alpha value is -4.86. The first-order valence-corrected chi connectivity index (χ1v) is 11.9. The van der Waals surface area contributed by atoms with Crippen LogP contribution in [0.5, 0.6) is 11.5 Å². The van der Waals surface area contributed by atoms with Gasteiger partial charge in [0.2, 0.25) is 0 Å². The fourth-order valence-electron chi connectivity index (χ4n) is 3.23. The van der Waals surface area contributed by atoms with E-state index in [-0.39, 0.29) is 37.6 Å². The second-order valence-corrected chi connectivity index (χ2v) is 7.73. The Morgan fingerprint density at radius 1 is 0.605 bits per heavy atom. The minimum Gasteiger partial charge on any atom is -0.482 e. The molecule has 0 atom stereocenters. The van der Waals surface area contributed by atoms with Gasteiger partial charge < -0.3 is 29.6 Å². The van der Waals surface area contributed by atoms with E-state index in [1.807, 2.05) is 0 Å². The molecule has 0 heterocycles. The number of nitrogens with one attached hydrogen (secondary N) is 2. The van der Waals surface area contributed by atoms with Gasteiger partial charge in [-0.2, -0.15) is 0 Å². The van der Waals surface area contributed by atoms with Crippen molar-refractivity contribution in [3.8, 4) is 11.5 Å². The summed E-state index contributed by atoms with van der Waals surface area (Å²) in [5.74, 6) is -1.08. The van der Waals surface area contributed by atoms with E-state index in [1.54, 1.807) is 80.6 Å². The predicted octanol–water partition coefficient (Wildman–Crippen LogP) is 4.08. The molecule has 0 saturated heterocycles. The number of carbonyl (C=O) groups is 4. The Morgan fingerprint density at radius 2 is 1.03 bits per heavy atom. The lowest BCUT2D eigenvalue weighted by Crippen LogP contribution is -2.16. The molecule has 3 aromatic rings. The second kappa shape index (κ2) is 14.0. The largest absolute Gasteiger partial charge is 0.482 e. The maximum Gasteiger partial charge on any atom is 0.344 e. The molecule has 0 aliphatic rings. The van der Waals surface area contributed by atoms with E-state index in [1.165, 1.54) is 6.07 Å². The fraction of sp³-hybridized carbons (Fsp3) is 0.214. The van der Waals surface area contributed by atoms with Gasteiger partial charge in [0.1, 0.15) is 11.5 Å². The molecule has 10 nitrogen and oxygen atoms in total. The summed E-state index contributed by atoms with van der Waals surface area (Å²) in [4.78, 5) is 48.6. The van der Waals surface area contributed by atoms with Gasteiger partial charge in [0, 0.05) is 34.6 Å². The zero-order valence-electron chi connectivity index (χ0n) is 21.0. The van der Waals surface area contributed by atoms with Crippen LogP contribution in [0.1, 0.15) is 34.6 Å². The van der Waals surface area contributed by atoms with Crippen LogP contribution in [0.3, 0.4) is 0 Å². The van der Waals surface area contributed by atoms with Crippen LogP contribution >= 0.6 is 0 Å². The molecule has 10 heteroatoms. The molecule has 2 amide bonds. The first-order chi connectivity index (χ1) is 18.4. The lowest BCUT2D eigenvalue weighted by atomic mass is 10.1. The molecule has 0 unspecified atom stereocenters. The average molecular weight is 521 g/mol. The molecule has 0 saturated carbocycles. The molecule has 0 aromatic heterocycles. The van der Waals surface area contributed by atoms with Crippen LogP contribution in [-0.4, -0.2) is 50.2 Å². The summed E-state index contributed by atoms with van der Waals surface area (Å²) in [5, 5.41) is 5.49. The highest BCUT2D eigenvalue weighted by atomic mass is 16.6. The minimum atomic E-state index is -0.493. The summed E-state index contributed by atoms with van der Waals surface area (Å²) in [6.07, 6.45) is 0. The molecule has 0 aliphatic carbocycles. The third-order valence-electron chi connectivity index (χ3n) is 4.89. The Labute approximate surface area is 219 Å². The number of amides is 2. The van der Waals surface area contributed by atoms with Crippen LogP contribution < -0.4 is 20.1 Å². The zero-order valence-corrected chi connectivity index (χ0v) is 21.0. The number of rotatable bonds is 12. The van der Waals surface area contributed by atoms with E-state index >= 15 is 0 Å². The maximum absolute atomic E-state index is 12.8. The van der Waals surface area contributed by atoms with Crippen molar-refractivity contribution in [2.75, 3.05) is 37.1 Å². The standard InChI is InChI=1S/C28H28N2O8/c1-3-35-25(31)17-37-23-12-6-10-21(15-23)29-27(33)19-8-5-9-20(14-19)28(34)30-22-11-7-13-24(16-22)38-18-26(32)36-4-2/h5-16H,3-4,17-18H2,1-2H3,(H,29,33)(H,30,34). The Kier molecular flexibility index (Phi) is 10.2. The third-order valence-corrected chi connectivity index (χ3v) is 4.89. The van der Waals surface area contributed by atoms with Gasteiger partial charge in [0.25, 0.3) is 11.8 Å². The normalized spacial score (nSPS) is 10.2. The molecule has 0 spiro atoms. The van der Waals surface area contributed by atoms with Gasteiger partial charge in [-0.25, -0.2) is 9.59 Å². The monoisotopic (exact) mass is 520 g/mol. The van der Waals surface area contributed by atoms with Crippen molar-refractivity contribution in [1.29, 1.82) is 0 Å². The van der Waals surface area contributed by atoms with Gasteiger partial charge >= 0.3 is 11.9 Å². The van der Waals surface area contributed by atoms with E-state index in [9.17, 15) is 19.2 Å². The smallest absolute Gasteiger partial charge is 0.344 e. The summed E-state index contributed by atoms with van der Waals surface area (Å²) >= 11 is 0. The lowest BCUT2D eigenvalue weighted by Gasteiger charge is -2.11. The minimum absolute atomic E-state index is 0.247. The van der Waals surface area contributed by atoms with Gasteiger partial charge in [0.15, 0.2) is 13.2 Å². The van der Waals surface area contributed by atoms with Crippen molar-refractivity contribution in [3.05, 3.63) is 83.9 Å². The van der Waals surface area contributed by atoms with E-state index < -0.39 is 23.8 Å². The Balaban J connectivity index is 1.61. The molecule has 198 valence electrons. The first-order valence-electron chi connectivity index (χ1n) is 11.9. The molecule has 0 radical (unpaired) electrons. The number of carbonyl (C=O) groups excluding carboxylic acids is 4. The predicted molar refractivity (Wildman–Crippen MR) is 139 cm³/mol. The maximum atomic E-state index is 12.8. The van der Waals surface area contributed by atoms with Crippen molar-refractivity contribution >= 4 is 35.1 Å². The van der Waals surface area contributed by atoms with Crippen LogP contribution in [0.2, 0.25) is 0 Å². The fourth-order valence-corrected chi connectivity index (χ4v) is 3.23. The zero-order chi connectivity index (χ0) is 27.3. The molecule has 0 aliphatic heterocycles. The van der Waals surface area contributed by atoms with Crippen LogP contribution in [0.4, 0.5) is 11.4 Å². The van der Waals surface area contributed by atoms with Gasteiger partial charge in [0.05, 0.1) is 13.2 Å². The molecule has 0 bridgehead atoms. The Morgan fingerprint density at radius 3 is 1.45 bits per heavy atom. The molecule has 38 heavy (non-hydrogen) atoms. The quantitative estimate of drug-likeness (QED) is 0.342. The average Bonchev–Trinajstić information content (AvgIpc) is 2.91. The van der Waals surface area contributed by atoms with Crippen LogP contribution in [-0.2, 0) is 19.1 Å². The van der Waals surface area contributed by atoms with Crippen molar-refractivity contribution in [2.45, 2.75) is 13.8 Å². The molecular formula is C28H28N2O8. The van der Waals surface area contributed by atoms with Gasteiger partial charge in [-0.15, -0.1) is 0 Å². The first kappa shape index (κ1) is 27.7. The second-order valence-electron chi connectivity index (χ2n) is 7.73. The van der Waals surface area contributed by atoms with Gasteiger partial charge in [-0.1, -0.05) is 18.2 Å². The van der Waals surface area contributed by atoms with Gasteiger partial charge in [-0.05, 0) is 56.3 Å². The van der Waals surface area contributed by atoms with E-state index in [0.29, 0.717) is 22.9 Å². The highest BCUT2D eigenvalue weighted by Gasteiger charge is 2.13. The Bertz CT molecular complexity index is 1200. The summed E-state index contributed by atoms with van der Waals surface area (Å²) in [7, 11) is 0. The number of hydrogen-bond donors (Lipinski definition) is 2. The summed E-state index contributed by atoms with van der Waals surface area (Å²) in [6.45, 7) is 3.43. The highest BCUT2D eigenvalue weighted by Crippen LogP contribution is 2.20. The van der Waals surface area contributed by atoms with Crippen molar-refractivity contribution in [1.82, 2.24) is 0 Å². The van der Waals surface area contributed by atoms with E-state index in [2.05, 4.69) is 10.6 Å². The van der Waals surface area contributed by atoms with Crippen molar-refractivity contribution in [3.63, 3.8) is 0 Å². The summed E-state index contributed by atoms with van der Waals surface area (Å²) in [6, 6.07) is 19.4. The van der Waals surface area contributed by atoms with Crippen molar-refractivity contribution in [2.24, 2.45) is 0 Å². The van der Waals surface area contributed by atoms with Crippen LogP contribution in [0.25, 0.3) is 0 Å². The van der Waals surface area contributed by atoms with Gasteiger partial charge in [-0.3, -0.25) is 9.59 Å². The molecule has 0 fully saturated rings. The van der Waals surface area contributed by atoms with Crippen LogP contribution in [0, 0.1) is 0 Å². The SMILES string of the molecule is CCOC(=O)COc1cccc(NC(=O)c2cccc(C(=O)Nc3cccc(OCC(=O)OCC)c3)c2)c1. The number of benzene rings is 3. The van der Waals surface area contributed by atoms with E-state index in [4.69, 9.17) is 18.9 Å². The molecule has 2 N–H and O–H groups in total. The molecule has 3 rings (SSSR count). The number of esters is 2. The third kappa shape index (κ3) is 8.66. The van der Waals surface area contributed by atoms with E-state index in [0.717, 1.165) is 0 Å². The summed E-state index contributed by atoms with van der Waals surface area (Å²) in [5.41, 5.74) is 1.43. The highest BCUT2D eigenvalue weighted by molar-refractivity contribution is 6.08. The number of anilines is 2. The number of ether oxygens (including phenoxy) is 4. The molecular weight excluding hydrogens is 492 g/mol. The lowest BCUT2D eigenvalue weighted by molar-refractivity contribution is -0.146. The van der Waals surface area contributed by atoms with Crippen LogP contribution in [0.15, 0.2) is 72.8 Å². The topological polar surface area (TPSA) is 129 Å². The summed E-state index contributed by atoms with van der Waals surface area (Å²) < 4.78 is 20.4.